The van der Waals surface area contributed by atoms with Gasteiger partial charge in [-0.1, -0.05) is 42.0 Å². The number of ketones is 1. The van der Waals surface area contributed by atoms with Gasteiger partial charge in [0, 0.05) is 6.08 Å². The number of aliphatic hydroxyl groups is 1. The smallest absolute Gasteiger partial charge is 0.156 e. The fourth-order valence-corrected chi connectivity index (χ4v) is 1.98. The van der Waals surface area contributed by atoms with Crippen LogP contribution in [0.3, 0.4) is 0 Å². The van der Waals surface area contributed by atoms with E-state index in [1.807, 2.05) is 43.3 Å². The van der Waals surface area contributed by atoms with E-state index in [9.17, 15) is 9.90 Å². The molecule has 2 aromatic carbocycles. The summed E-state index contributed by atoms with van der Waals surface area (Å²) in [6.07, 6.45) is 1.20. The van der Waals surface area contributed by atoms with Gasteiger partial charge < -0.3 is 9.84 Å². The number of benzene rings is 2. The van der Waals surface area contributed by atoms with E-state index < -0.39 is 0 Å². The van der Waals surface area contributed by atoms with Gasteiger partial charge in [-0.2, -0.15) is 0 Å². The second-order valence-electron chi connectivity index (χ2n) is 4.91. The highest BCUT2D eigenvalue weighted by atomic mass is 16.5. The Morgan fingerprint density at radius 2 is 1.90 bits per heavy atom. The van der Waals surface area contributed by atoms with Crippen LogP contribution in [-0.2, 0) is 11.4 Å². The summed E-state index contributed by atoms with van der Waals surface area (Å²) in [6.45, 7) is 3.73. The summed E-state index contributed by atoms with van der Waals surface area (Å²) >= 11 is 0. The number of rotatable bonds is 5. The van der Waals surface area contributed by atoms with Crippen LogP contribution in [0, 0.1) is 6.92 Å². The summed E-state index contributed by atoms with van der Waals surface area (Å²) in [4.78, 5) is 11.1. The molecule has 0 aliphatic heterocycles. The minimum atomic E-state index is -0.206. The van der Waals surface area contributed by atoms with E-state index in [1.54, 1.807) is 12.1 Å². The first-order valence-electron chi connectivity index (χ1n) is 6.75. The van der Waals surface area contributed by atoms with E-state index in [0.29, 0.717) is 17.9 Å². The Morgan fingerprint density at radius 3 is 2.57 bits per heavy atom. The molecule has 0 aromatic heterocycles. The Hall–Kier alpha value is -2.55. The van der Waals surface area contributed by atoms with E-state index in [4.69, 9.17) is 4.74 Å². The average molecular weight is 282 g/mol. The minimum absolute atomic E-state index is 0.0748. The van der Waals surface area contributed by atoms with Crippen molar-refractivity contribution in [3.63, 3.8) is 0 Å². The fourth-order valence-electron chi connectivity index (χ4n) is 1.98. The number of allylic oxidation sites excluding steroid dienone is 1. The van der Waals surface area contributed by atoms with Crippen LogP contribution in [0.2, 0.25) is 0 Å². The van der Waals surface area contributed by atoms with Crippen molar-refractivity contribution in [3.05, 3.63) is 71.3 Å². The van der Waals surface area contributed by atoms with Crippen LogP contribution >= 0.6 is 0 Å². The van der Waals surface area contributed by atoms with Gasteiger partial charge in [-0.05, 0) is 31.5 Å². The Kier molecular flexibility index (Phi) is 4.77. The summed E-state index contributed by atoms with van der Waals surface area (Å²) in [5, 5.41) is 10.1. The molecule has 2 rings (SSSR count). The van der Waals surface area contributed by atoms with Crippen molar-refractivity contribution in [2.75, 3.05) is 0 Å². The standard InChI is InChI=1S/C18H18O3/c1-13-8-9-18(16(10-13)17(20)11-14(2)19)21-12-15-6-4-3-5-7-15/h3-11,20H,12H2,1-2H3. The van der Waals surface area contributed by atoms with Crippen LogP contribution in [0.25, 0.3) is 5.76 Å². The molecule has 0 aliphatic carbocycles. The van der Waals surface area contributed by atoms with Gasteiger partial charge >= 0.3 is 0 Å². The molecular weight excluding hydrogens is 264 g/mol. The Labute approximate surface area is 124 Å². The highest BCUT2D eigenvalue weighted by molar-refractivity contribution is 5.94. The van der Waals surface area contributed by atoms with Crippen molar-refractivity contribution >= 4 is 11.5 Å². The molecular formula is C18H18O3. The quantitative estimate of drug-likeness (QED) is 0.664. The zero-order chi connectivity index (χ0) is 15.2. The molecule has 0 aliphatic rings. The topological polar surface area (TPSA) is 46.5 Å². The highest BCUT2D eigenvalue weighted by Crippen LogP contribution is 2.26. The molecule has 0 saturated heterocycles. The van der Waals surface area contributed by atoms with Crippen LogP contribution in [0.5, 0.6) is 5.75 Å². The predicted molar refractivity (Wildman–Crippen MR) is 83.2 cm³/mol. The number of carbonyl (C=O) groups is 1. The molecule has 0 spiro atoms. The number of ether oxygens (including phenoxy) is 1. The van der Waals surface area contributed by atoms with Crippen molar-refractivity contribution in [1.82, 2.24) is 0 Å². The Balaban J connectivity index is 2.25. The lowest BCUT2D eigenvalue weighted by Crippen LogP contribution is -1.99. The first-order valence-corrected chi connectivity index (χ1v) is 6.75. The molecule has 0 bridgehead atoms. The maximum absolute atomic E-state index is 11.1. The van der Waals surface area contributed by atoms with Gasteiger partial charge in [0.1, 0.15) is 18.1 Å². The lowest BCUT2D eigenvalue weighted by molar-refractivity contribution is -0.112. The molecule has 3 nitrogen and oxygen atoms in total. The van der Waals surface area contributed by atoms with Gasteiger partial charge in [-0.3, -0.25) is 4.79 Å². The Bertz CT molecular complexity index is 657. The van der Waals surface area contributed by atoms with Crippen molar-refractivity contribution < 1.29 is 14.6 Å². The molecule has 0 saturated carbocycles. The third kappa shape index (κ3) is 4.21. The van der Waals surface area contributed by atoms with E-state index in [-0.39, 0.29) is 11.5 Å². The minimum Gasteiger partial charge on any atom is -0.507 e. The van der Waals surface area contributed by atoms with Crippen LogP contribution in [0.4, 0.5) is 0 Å². The number of carbonyl (C=O) groups excluding carboxylic acids is 1. The van der Waals surface area contributed by atoms with Gasteiger partial charge in [-0.15, -0.1) is 0 Å². The summed E-state index contributed by atoms with van der Waals surface area (Å²) in [5.41, 5.74) is 2.56. The van der Waals surface area contributed by atoms with Crippen LogP contribution in [-0.4, -0.2) is 10.9 Å². The summed E-state index contributed by atoms with van der Waals surface area (Å²) < 4.78 is 5.77. The van der Waals surface area contributed by atoms with E-state index in [2.05, 4.69) is 0 Å². The number of hydrogen-bond acceptors (Lipinski definition) is 3. The van der Waals surface area contributed by atoms with E-state index in [0.717, 1.165) is 11.1 Å². The lowest BCUT2D eigenvalue weighted by atomic mass is 10.1. The number of hydrogen-bond donors (Lipinski definition) is 1. The second kappa shape index (κ2) is 6.75. The van der Waals surface area contributed by atoms with Crippen molar-refractivity contribution in [2.24, 2.45) is 0 Å². The summed E-state index contributed by atoms with van der Waals surface area (Å²) in [5.74, 6) is 0.275. The van der Waals surface area contributed by atoms with Gasteiger partial charge in [0.25, 0.3) is 0 Å². The SMILES string of the molecule is CC(=O)C=C(O)c1cc(C)ccc1OCc1ccccc1. The molecule has 0 amide bonds. The van der Waals surface area contributed by atoms with Gasteiger partial charge in [0.2, 0.25) is 0 Å². The maximum atomic E-state index is 11.1. The Morgan fingerprint density at radius 1 is 1.19 bits per heavy atom. The average Bonchev–Trinajstić information content (AvgIpc) is 2.46. The molecule has 0 atom stereocenters. The molecule has 0 fully saturated rings. The van der Waals surface area contributed by atoms with Crippen LogP contribution < -0.4 is 4.74 Å². The number of aryl methyl sites for hydroxylation is 1. The van der Waals surface area contributed by atoms with E-state index in [1.165, 1.54) is 13.0 Å². The van der Waals surface area contributed by atoms with Crippen molar-refractivity contribution in [3.8, 4) is 5.75 Å². The monoisotopic (exact) mass is 282 g/mol. The van der Waals surface area contributed by atoms with Gasteiger partial charge in [-0.25, -0.2) is 0 Å². The molecule has 0 radical (unpaired) electrons. The zero-order valence-corrected chi connectivity index (χ0v) is 12.2. The molecule has 2 aromatic rings. The largest absolute Gasteiger partial charge is 0.507 e. The van der Waals surface area contributed by atoms with Crippen LogP contribution in [0.1, 0.15) is 23.6 Å². The van der Waals surface area contributed by atoms with Gasteiger partial charge in [0.05, 0.1) is 5.56 Å². The predicted octanol–water partition coefficient (Wildman–Crippen LogP) is 4.06. The molecule has 0 unspecified atom stereocenters. The van der Waals surface area contributed by atoms with E-state index >= 15 is 0 Å². The van der Waals surface area contributed by atoms with Crippen LogP contribution in [0.15, 0.2) is 54.6 Å². The number of aliphatic hydroxyl groups excluding tert-OH is 1. The lowest BCUT2D eigenvalue weighted by Gasteiger charge is -2.12. The van der Waals surface area contributed by atoms with Crippen molar-refractivity contribution in [1.29, 1.82) is 0 Å². The first kappa shape index (κ1) is 14.9. The highest BCUT2D eigenvalue weighted by Gasteiger charge is 2.09. The third-order valence-electron chi connectivity index (χ3n) is 2.99. The summed E-state index contributed by atoms with van der Waals surface area (Å²) in [6, 6.07) is 15.3. The maximum Gasteiger partial charge on any atom is 0.156 e. The molecule has 3 heteroatoms. The molecule has 0 heterocycles. The zero-order valence-electron chi connectivity index (χ0n) is 12.2. The molecule has 21 heavy (non-hydrogen) atoms. The summed E-state index contributed by atoms with van der Waals surface area (Å²) in [7, 11) is 0. The third-order valence-corrected chi connectivity index (χ3v) is 2.99. The van der Waals surface area contributed by atoms with Crippen molar-refractivity contribution in [2.45, 2.75) is 20.5 Å². The molecule has 108 valence electrons. The second-order valence-corrected chi connectivity index (χ2v) is 4.91. The molecule has 1 N–H and O–H groups in total. The van der Waals surface area contributed by atoms with Gasteiger partial charge in [0.15, 0.2) is 5.78 Å². The first-order chi connectivity index (χ1) is 10.1. The normalized spacial score (nSPS) is 11.2. The fraction of sp³-hybridized carbons (Fsp3) is 0.167.